The van der Waals surface area contributed by atoms with Gasteiger partial charge in [-0.3, -0.25) is 0 Å². The Hall–Kier alpha value is -1.94. The summed E-state index contributed by atoms with van der Waals surface area (Å²) in [6.45, 7) is 6.91. The maximum Gasteiger partial charge on any atom is 0.227 e. The van der Waals surface area contributed by atoms with Crippen LogP contribution < -0.4 is 9.80 Å². The Bertz CT molecular complexity index is 990. The molecule has 3 heterocycles. The van der Waals surface area contributed by atoms with E-state index in [0.29, 0.717) is 55.9 Å². The number of aryl methyl sites for hydroxylation is 1. The van der Waals surface area contributed by atoms with Crippen LogP contribution in [-0.4, -0.2) is 75.2 Å². The highest BCUT2D eigenvalue weighted by Crippen LogP contribution is 2.22. The van der Waals surface area contributed by atoms with Crippen LogP contribution in [0.25, 0.3) is 0 Å². The highest BCUT2D eigenvalue weighted by Gasteiger charge is 2.28. The summed E-state index contributed by atoms with van der Waals surface area (Å²) in [7, 11) is -3.40. The molecule has 0 radical (unpaired) electrons. The van der Waals surface area contributed by atoms with Crippen LogP contribution in [0.2, 0.25) is 5.02 Å². The van der Waals surface area contributed by atoms with E-state index in [9.17, 15) is 8.42 Å². The van der Waals surface area contributed by atoms with Crippen LogP contribution in [0.3, 0.4) is 0 Å². The minimum absolute atomic E-state index is 0.0403. The first-order chi connectivity index (χ1) is 14.4. The number of anilines is 2. The largest absolute Gasteiger partial charge is 0.378 e. The van der Waals surface area contributed by atoms with Crippen LogP contribution in [0.1, 0.15) is 11.3 Å². The van der Waals surface area contributed by atoms with Gasteiger partial charge >= 0.3 is 0 Å². The third-order valence-corrected chi connectivity index (χ3v) is 7.40. The van der Waals surface area contributed by atoms with Crippen LogP contribution in [-0.2, 0) is 20.5 Å². The zero-order chi connectivity index (χ0) is 21.1. The van der Waals surface area contributed by atoms with E-state index in [1.54, 1.807) is 28.6 Å². The van der Waals surface area contributed by atoms with E-state index in [-0.39, 0.29) is 5.75 Å². The second-order valence-corrected chi connectivity index (χ2v) is 9.94. The zero-order valence-corrected chi connectivity index (χ0v) is 18.6. The Kier molecular flexibility index (Phi) is 6.43. The topological polar surface area (TPSA) is 78.9 Å². The first kappa shape index (κ1) is 21.3. The molecule has 0 N–H and O–H groups in total. The molecule has 0 aliphatic carbocycles. The molecule has 1 aromatic carbocycles. The van der Waals surface area contributed by atoms with E-state index in [0.717, 1.165) is 24.6 Å². The summed E-state index contributed by atoms with van der Waals surface area (Å²) < 4.78 is 32.7. The van der Waals surface area contributed by atoms with Gasteiger partial charge in [-0.2, -0.15) is 9.29 Å². The number of sulfonamides is 1. The maximum absolute atomic E-state index is 12.8. The van der Waals surface area contributed by atoms with Crippen molar-refractivity contribution < 1.29 is 13.2 Å². The lowest BCUT2D eigenvalue weighted by atomic mass is 10.2. The summed E-state index contributed by atoms with van der Waals surface area (Å²) in [6, 6.07) is 8.96. The molecule has 2 fully saturated rings. The van der Waals surface area contributed by atoms with Crippen LogP contribution in [0.5, 0.6) is 0 Å². The first-order valence-electron chi connectivity index (χ1n) is 10.1. The summed E-state index contributed by atoms with van der Waals surface area (Å²) >= 11 is 5.99. The molecule has 2 aliphatic heterocycles. The Balaban J connectivity index is 1.42. The van der Waals surface area contributed by atoms with Gasteiger partial charge in [0.25, 0.3) is 0 Å². The predicted molar refractivity (Wildman–Crippen MR) is 118 cm³/mol. The SMILES string of the molecule is Cc1cc(N2CCN(S(=O)(=O)Cc3cccc(Cl)c3)CC2)nc(N2CCOCC2)n1. The monoisotopic (exact) mass is 451 g/mol. The number of morpholine rings is 1. The molecule has 2 saturated heterocycles. The van der Waals surface area contributed by atoms with Crippen molar-refractivity contribution in [2.45, 2.75) is 12.7 Å². The molecule has 0 amide bonds. The molecule has 0 spiro atoms. The van der Waals surface area contributed by atoms with Crippen molar-refractivity contribution in [3.63, 3.8) is 0 Å². The van der Waals surface area contributed by atoms with E-state index >= 15 is 0 Å². The molecule has 1 aromatic heterocycles. The van der Waals surface area contributed by atoms with Crippen molar-refractivity contribution in [2.24, 2.45) is 0 Å². The van der Waals surface area contributed by atoms with Crippen LogP contribution in [0.4, 0.5) is 11.8 Å². The van der Waals surface area contributed by atoms with E-state index in [4.69, 9.17) is 21.3 Å². The fraction of sp³-hybridized carbons (Fsp3) is 0.500. The second-order valence-electron chi connectivity index (χ2n) is 7.54. The molecule has 10 heteroatoms. The molecule has 0 atom stereocenters. The van der Waals surface area contributed by atoms with Crippen molar-refractivity contribution in [3.8, 4) is 0 Å². The van der Waals surface area contributed by atoms with Crippen LogP contribution in [0, 0.1) is 6.92 Å². The van der Waals surface area contributed by atoms with Gasteiger partial charge in [0.05, 0.1) is 19.0 Å². The zero-order valence-electron chi connectivity index (χ0n) is 17.0. The Morgan fingerprint density at radius 3 is 2.43 bits per heavy atom. The summed E-state index contributed by atoms with van der Waals surface area (Å²) in [5.41, 5.74) is 1.60. The Labute approximate surface area is 182 Å². The minimum Gasteiger partial charge on any atom is -0.378 e. The van der Waals surface area contributed by atoms with Crippen molar-refractivity contribution in [3.05, 3.63) is 46.6 Å². The standard InChI is InChI=1S/C20H26ClN5O3S/c1-16-13-19(23-20(22-16)25-9-11-29-12-10-25)24-5-7-26(8-6-24)30(27,28)15-17-3-2-4-18(21)14-17/h2-4,13-14H,5-12,15H2,1H3. The quantitative estimate of drug-likeness (QED) is 0.687. The van der Waals surface area contributed by atoms with Gasteiger partial charge in [0.1, 0.15) is 5.82 Å². The lowest BCUT2D eigenvalue weighted by molar-refractivity contribution is 0.122. The molecule has 0 bridgehead atoms. The average molecular weight is 452 g/mol. The molecule has 162 valence electrons. The summed E-state index contributed by atoms with van der Waals surface area (Å²) in [4.78, 5) is 13.6. The van der Waals surface area contributed by atoms with Gasteiger partial charge < -0.3 is 14.5 Å². The van der Waals surface area contributed by atoms with Gasteiger partial charge in [0.15, 0.2) is 0 Å². The van der Waals surface area contributed by atoms with Crippen molar-refractivity contribution in [1.29, 1.82) is 0 Å². The third kappa shape index (κ3) is 5.03. The van der Waals surface area contributed by atoms with Crippen molar-refractivity contribution in [2.75, 3.05) is 62.3 Å². The number of halogens is 1. The molecule has 2 aliphatic rings. The lowest BCUT2D eigenvalue weighted by Crippen LogP contribution is -2.49. The van der Waals surface area contributed by atoms with Gasteiger partial charge in [0, 0.05) is 56.1 Å². The summed E-state index contributed by atoms with van der Waals surface area (Å²) in [5.74, 6) is 1.52. The van der Waals surface area contributed by atoms with Gasteiger partial charge in [-0.25, -0.2) is 13.4 Å². The molecule has 8 nitrogen and oxygen atoms in total. The van der Waals surface area contributed by atoms with E-state index in [1.807, 2.05) is 13.0 Å². The smallest absolute Gasteiger partial charge is 0.227 e. The minimum atomic E-state index is -3.40. The van der Waals surface area contributed by atoms with Gasteiger partial charge in [-0.05, 0) is 24.6 Å². The highest BCUT2D eigenvalue weighted by molar-refractivity contribution is 7.88. The Morgan fingerprint density at radius 2 is 1.73 bits per heavy atom. The summed E-state index contributed by atoms with van der Waals surface area (Å²) in [6.07, 6.45) is 0. The van der Waals surface area contributed by atoms with E-state index in [1.165, 1.54) is 0 Å². The number of ether oxygens (including phenoxy) is 1. The van der Waals surface area contributed by atoms with E-state index in [2.05, 4.69) is 14.8 Å². The number of nitrogens with zero attached hydrogens (tertiary/aromatic N) is 5. The van der Waals surface area contributed by atoms with Crippen LogP contribution in [0.15, 0.2) is 30.3 Å². The molecule has 2 aromatic rings. The third-order valence-electron chi connectivity index (χ3n) is 5.32. The maximum atomic E-state index is 12.8. The Morgan fingerprint density at radius 1 is 1.00 bits per heavy atom. The number of hydrogen-bond acceptors (Lipinski definition) is 7. The number of hydrogen-bond donors (Lipinski definition) is 0. The van der Waals surface area contributed by atoms with Gasteiger partial charge in [-0.1, -0.05) is 23.7 Å². The summed E-state index contributed by atoms with van der Waals surface area (Å²) in [5, 5.41) is 0.544. The van der Waals surface area contributed by atoms with Gasteiger partial charge in [0.2, 0.25) is 16.0 Å². The number of rotatable bonds is 5. The van der Waals surface area contributed by atoms with E-state index < -0.39 is 10.0 Å². The first-order valence-corrected chi connectivity index (χ1v) is 12.0. The lowest BCUT2D eigenvalue weighted by Gasteiger charge is -2.35. The second kappa shape index (κ2) is 9.05. The van der Waals surface area contributed by atoms with Crippen molar-refractivity contribution in [1.82, 2.24) is 14.3 Å². The molecular formula is C20H26ClN5O3S. The average Bonchev–Trinajstić information content (AvgIpc) is 2.74. The van der Waals surface area contributed by atoms with Crippen LogP contribution >= 0.6 is 11.6 Å². The van der Waals surface area contributed by atoms with Crippen molar-refractivity contribution >= 4 is 33.4 Å². The normalized spacial score (nSPS) is 18.6. The number of piperazine rings is 1. The molecule has 0 unspecified atom stereocenters. The fourth-order valence-electron chi connectivity index (χ4n) is 3.73. The molecule has 4 rings (SSSR count). The highest BCUT2D eigenvalue weighted by atomic mass is 35.5. The fourth-order valence-corrected chi connectivity index (χ4v) is 5.44. The van der Waals surface area contributed by atoms with Gasteiger partial charge in [-0.15, -0.1) is 0 Å². The predicted octanol–water partition coefficient (Wildman–Crippen LogP) is 1.93. The molecule has 0 saturated carbocycles. The molecule has 30 heavy (non-hydrogen) atoms. The number of benzene rings is 1. The number of aromatic nitrogens is 2. The molecular weight excluding hydrogens is 426 g/mol.